The average Bonchev–Trinajstić information content (AvgIpc) is 2.16. The van der Waals surface area contributed by atoms with Crippen LogP contribution in [-0.2, 0) is 4.74 Å². The van der Waals surface area contributed by atoms with Crippen molar-refractivity contribution in [2.45, 2.75) is 6.92 Å². The lowest BCUT2D eigenvalue weighted by Gasteiger charge is -2.02. The molecule has 0 radical (unpaired) electrons. The van der Waals surface area contributed by atoms with E-state index in [1.54, 1.807) is 6.92 Å². The first kappa shape index (κ1) is 10.4. The molecule has 0 saturated heterocycles. The maximum absolute atomic E-state index is 13.3. The number of rotatable bonds is 2. The zero-order valence-corrected chi connectivity index (χ0v) is 8.20. The number of methoxy groups -OCH3 is 1. The number of halogens is 1. The first-order chi connectivity index (χ1) is 6.60. The zero-order chi connectivity index (χ0) is 10.7. The fourth-order valence-corrected chi connectivity index (χ4v) is 1.12. The van der Waals surface area contributed by atoms with Gasteiger partial charge in [-0.3, -0.25) is 4.84 Å². The first-order valence-electron chi connectivity index (χ1n) is 3.94. The van der Waals surface area contributed by atoms with E-state index < -0.39 is 11.8 Å². The molecule has 0 aliphatic heterocycles. The molecule has 0 aromatic carbocycles. The maximum atomic E-state index is 13.3. The first-order valence-corrected chi connectivity index (χ1v) is 3.94. The van der Waals surface area contributed by atoms with Crippen molar-refractivity contribution in [3.05, 3.63) is 29.3 Å². The summed E-state index contributed by atoms with van der Waals surface area (Å²) >= 11 is 0. The minimum atomic E-state index is -0.691. The topological polar surface area (TPSA) is 39.4 Å². The lowest BCUT2D eigenvalue weighted by Crippen LogP contribution is -2.41. The summed E-state index contributed by atoms with van der Waals surface area (Å²) in [6, 6.07) is 0. The van der Waals surface area contributed by atoms with Gasteiger partial charge >= 0.3 is 5.97 Å². The summed E-state index contributed by atoms with van der Waals surface area (Å²) in [5, 5.41) is 0. The predicted octanol–water partition coefficient (Wildman–Crippen LogP) is 0.267. The molecular formula is C9H11FNO3+. The molecule has 0 atom stereocenters. The van der Waals surface area contributed by atoms with Gasteiger partial charge in [0.1, 0.15) is 12.7 Å². The van der Waals surface area contributed by atoms with Crippen LogP contribution in [0.15, 0.2) is 12.4 Å². The Morgan fingerprint density at radius 3 is 2.50 bits per heavy atom. The second-order valence-corrected chi connectivity index (χ2v) is 2.70. The average molecular weight is 200 g/mol. The van der Waals surface area contributed by atoms with Gasteiger partial charge in [-0.2, -0.15) is 4.39 Å². The Hall–Kier alpha value is -1.65. The van der Waals surface area contributed by atoms with E-state index in [1.807, 2.05) is 0 Å². The number of hydrogen-bond donors (Lipinski definition) is 0. The molecule has 0 bridgehead atoms. The van der Waals surface area contributed by atoms with Gasteiger partial charge in [0.2, 0.25) is 12.0 Å². The third-order valence-electron chi connectivity index (χ3n) is 1.79. The summed E-state index contributed by atoms with van der Waals surface area (Å²) < 4.78 is 19.0. The van der Waals surface area contributed by atoms with E-state index in [9.17, 15) is 9.18 Å². The predicted molar refractivity (Wildman–Crippen MR) is 45.2 cm³/mol. The number of nitrogens with zero attached hydrogens (tertiary/aromatic N) is 1. The van der Waals surface area contributed by atoms with Crippen LogP contribution in [0.25, 0.3) is 0 Å². The molecule has 0 amide bonds. The molecule has 0 spiro atoms. The molecule has 76 valence electrons. The fraction of sp³-hybridized carbons (Fsp3) is 0.333. The van der Waals surface area contributed by atoms with Gasteiger partial charge in [-0.05, 0) is 6.92 Å². The highest BCUT2D eigenvalue weighted by molar-refractivity contribution is 5.90. The normalized spacial score (nSPS) is 9.71. The van der Waals surface area contributed by atoms with Crippen molar-refractivity contribution in [2.75, 3.05) is 14.2 Å². The van der Waals surface area contributed by atoms with Gasteiger partial charge in [0.25, 0.3) is 6.20 Å². The number of hydrogen-bond acceptors (Lipinski definition) is 3. The molecule has 0 fully saturated rings. The highest BCUT2D eigenvalue weighted by Crippen LogP contribution is 2.10. The Labute approximate surface area is 80.8 Å². The summed E-state index contributed by atoms with van der Waals surface area (Å²) in [7, 11) is 2.61. The summed E-state index contributed by atoms with van der Waals surface area (Å²) in [6.07, 6.45) is 2.56. The van der Waals surface area contributed by atoms with Crippen molar-refractivity contribution in [2.24, 2.45) is 0 Å². The van der Waals surface area contributed by atoms with Gasteiger partial charge in [-0.25, -0.2) is 4.79 Å². The minimum absolute atomic E-state index is 0.0687. The Kier molecular flexibility index (Phi) is 3.01. The standard InChI is InChI=1S/C9H11FNO3/c1-6-4-11(14-3)5-7(10)8(6)9(12)13-2/h4-5H,1-3H3/q+1. The van der Waals surface area contributed by atoms with Crippen LogP contribution >= 0.6 is 0 Å². The van der Waals surface area contributed by atoms with Crippen molar-refractivity contribution in [3.8, 4) is 0 Å². The van der Waals surface area contributed by atoms with Crippen molar-refractivity contribution in [1.82, 2.24) is 0 Å². The monoisotopic (exact) mass is 200 g/mol. The van der Waals surface area contributed by atoms with Gasteiger partial charge in [-0.1, -0.05) is 0 Å². The van der Waals surface area contributed by atoms with Crippen LogP contribution in [0.3, 0.4) is 0 Å². The quantitative estimate of drug-likeness (QED) is 0.508. The maximum Gasteiger partial charge on any atom is 0.341 e. The molecule has 4 nitrogen and oxygen atoms in total. The molecule has 1 rings (SSSR count). The largest absolute Gasteiger partial charge is 0.465 e. The Bertz CT molecular complexity index is 342. The molecule has 0 N–H and O–H groups in total. The molecule has 0 saturated carbocycles. The molecule has 0 aliphatic rings. The summed E-state index contributed by atoms with van der Waals surface area (Å²) in [4.78, 5) is 15.9. The summed E-state index contributed by atoms with van der Waals surface area (Å²) in [5.74, 6) is -1.36. The van der Waals surface area contributed by atoms with Crippen LogP contribution in [0.5, 0.6) is 0 Å². The number of carbonyl (C=O) groups excluding carboxylic acids is 1. The van der Waals surface area contributed by atoms with Crippen LogP contribution in [0, 0.1) is 12.7 Å². The Morgan fingerprint density at radius 2 is 2.07 bits per heavy atom. The van der Waals surface area contributed by atoms with Gasteiger partial charge in [0.15, 0.2) is 0 Å². The van der Waals surface area contributed by atoms with Crippen molar-refractivity contribution < 1.29 is 23.5 Å². The van der Waals surface area contributed by atoms with E-state index >= 15 is 0 Å². The van der Waals surface area contributed by atoms with Gasteiger partial charge < -0.3 is 4.74 Å². The molecule has 0 aliphatic carbocycles. The third-order valence-corrected chi connectivity index (χ3v) is 1.79. The van der Waals surface area contributed by atoms with Gasteiger partial charge in [0, 0.05) is 10.3 Å². The van der Waals surface area contributed by atoms with E-state index in [2.05, 4.69) is 4.74 Å². The van der Waals surface area contributed by atoms with E-state index in [4.69, 9.17) is 4.84 Å². The fourth-order valence-electron chi connectivity index (χ4n) is 1.12. The number of esters is 1. The van der Waals surface area contributed by atoms with E-state index in [1.165, 1.54) is 25.1 Å². The molecule has 1 aromatic heterocycles. The lowest BCUT2D eigenvalue weighted by atomic mass is 10.1. The van der Waals surface area contributed by atoms with Crippen LogP contribution in [0.1, 0.15) is 15.9 Å². The van der Waals surface area contributed by atoms with Crippen LogP contribution in [0.4, 0.5) is 4.39 Å². The Balaban J connectivity index is 3.25. The molecule has 1 aromatic rings. The van der Waals surface area contributed by atoms with E-state index in [-0.39, 0.29) is 5.56 Å². The zero-order valence-electron chi connectivity index (χ0n) is 8.20. The molecule has 1 heterocycles. The number of carbonyl (C=O) groups is 1. The summed E-state index contributed by atoms with van der Waals surface area (Å²) in [6.45, 7) is 1.60. The third kappa shape index (κ3) is 1.81. The van der Waals surface area contributed by atoms with E-state index in [0.717, 1.165) is 6.20 Å². The number of pyridine rings is 1. The number of aromatic nitrogens is 1. The highest BCUT2D eigenvalue weighted by Gasteiger charge is 2.20. The van der Waals surface area contributed by atoms with Crippen LogP contribution < -0.4 is 9.57 Å². The molecule has 0 unspecified atom stereocenters. The lowest BCUT2D eigenvalue weighted by molar-refractivity contribution is -0.886. The summed E-state index contributed by atoms with van der Waals surface area (Å²) in [5.41, 5.74) is 0.388. The van der Waals surface area contributed by atoms with Crippen LogP contribution in [0.2, 0.25) is 0 Å². The number of aryl methyl sites for hydroxylation is 1. The van der Waals surface area contributed by atoms with Gasteiger partial charge in [-0.15, -0.1) is 0 Å². The van der Waals surface area contributed by atoms with E-state index in [0.29, 0.717) is 5.56 Å². The van der Waals surface area contributed by atoms with Crippen molar-refractivity contribution in [3.63, 3.8) is 0 Å². The van der Waals surface area contributed by atoms with Crippen molar-refractivity contribution >= 4 is 5.97 Å². The molecular weight excluding hydrogens is 189 g/mol. The molecule has 14 heavy (non-hydrogen) atoms. The Morgan fingerprint density at radius 1 is 1.43 bits per heavy atom. The number of ether oxygens (including phenoxy) is 1. The molecule has 5 heteroatoms. The second-order valence-electron chi connectivity index (χ2n) is 2.70. The van der Waals surface area contributed by atoms with Gasteiger partial charge in [0.05, 0.1) is 7.11 Å². The smallest absolute Gasteiger partial charge is 0.341 e. The highest BCUT2D eigenvalue weighted by atomic mass is 19.1. The SMILES string of the molecule is COC(=O)c1c(C)c[n+](OC)cc1F. The van der Waals surface area contributed by atoms with Crippen molar-refractivity contribution in [1.29, 1.82) is 0 Å². The minimum Gasteiger partial charge on any atom is -0.465 e. The second kappa shape index (κ2) is 4.04. The van der Waals surface area contributed by atoms with Crippen LogP contribution in [-0.4, -0.2) is 20.2 Å².